The summed E-state index contributed by atoms with van der Waals surface area (Å²) < 4.78 is 28.7. The van der Waals surface area contributed by atoms with Gasteiger partial charge in [-0.25, -0.2) is 13.6 Å². The number of aryl methyl sites for hydroxylation is 1. The van der Waals surface area contributed by atoms with Crippen molar-refractivity contribution in [2.45, 2.75) is 43.5 Å². The van der Waals surface area contributed by atoms with Gasteiger partial charge in [-0.3, -0.25) is 9.89 Å². The normalized spacial score (nSPS) is 22.4. The largest absolute Gasteiger partial charge is 0.379 e. The molecule has 0 saturated carbocycles. The van der Waals surface area contributed by atoms with E-state index >= 15 is 0 Å². The number of aromatic amines is 1. The molecular formula is C12H20N4O4S. The lowest BCUT2D eigenvalue weighted by Gasteiger charge is -2.23. The summed E-state index contributed by atoms with van der Waals surface area (Å²) in [7, 11) is -4.03. The summed E-state index contributed by atoms with van der Waals surface area (Å²) in [5, 5.41) is 14.4. The summed E-state index contributed by atoms with van der Waals surface area (Å²) in [6.07, 6.45) is 1.82. The Labute approximate surface area is 123 Å². The Bertz CT molecular complexity index is 632. The molecule has 0 bridgehead atoms. The van der Waals surface area contributed by atoms with Gasteiger partial charge in [-0.05, 0) is 19.8 Å². The number of H-pyrrole nitrogens is 1. The number of rotatable bonds is 5. The number of sulfonamides is 1. The van der Waals surface area contributed by atoms with Gasteiger partial charge in [0, 0.05) is 6.61 Å². The fourth-order valence-electron chi connectivity index (χ4n) is 2.35. The second-order valence-electron chi connectivity index (χ2n) is 5.49. The van der Waals surface area contributed by atoms with Crippen LogP contribution in [0.5, 0.6) is 0 Å². The molecule has 4 N–H and O–H groups in total. The van der Waals surface area contributed by atoms with Gasteiger partial charge in [-0.1, -0.05) is 13.3 Å². The van der Waals surface area contributed by atoms with Crippen LogP contribution >= 0.6 is 0 Å². The van der Waals surface area contributed by atoms with Crippen LogP contribution < -0.4 is 10.5 Å². The minimum atomic E-state index is -4.03. The molecule has 21 heavy (non-hydrogen) atoms. The summed E-state index contributed by atoms with van der Waals surface area (Å²) in [6.45, 7) is 4.68. The first kappa shape index (κ1) is 15.9. The van der Waals surface area contributed by atoms with Crippen molar-refractivity contribution < 1.29 is 17.9 Å². The van der Waals surface area contributed by atoms with E-state index in [1.54, 1.807) is 0 Å². The van der Waals surface area contributed by atoms with Gasteiger partial charge in [0.25, 0.3) is 5.91 Å². The SMILES string of the molecule is CCCc1[nH]nc(C(=O)NC2(C)CCOC2)c1S(N)(=O)=O. The van der Waals surface area contributed by atoms with E-state index in [2.05, 4.69) is 15.5 Å². The number of hydrogen-bond acceptors (Lipinski definition) is 5. The number of carbonyl (C=O) groups is 1. The van der Waals surface area contributed by atoms with E-state index in [1.165, 1.54) is 0 Å². The zero-order valence-corrected chi connectivity index (χ0v) is 12.9. The second kappa shape index (κ2) is 5.74. The zero-order chi connectivity index (χ0) is 15.7. The number of hydrogen-bond donors (Lipinski definition) is 3. The minimum Gasteiger partial charge on any atom is -0.379 e. The van der Waals surface area contributed by atoms with Crippen molar-refractivity contribution in [2.24, 2.45) is 5.14 Å². The summed E-state index contributed by atoms with van der Waals surface area (Å²) >= 11 is 0. The quantitative estimate of drug-likeness (QED) is 0.700. The lowest BCUT2D eigenvalue weighted by Crippen LogP contribution is -2.47. The standard InChI is InChI=1S/C12H20N4O4S/c1-3-4-8-10(21(13,18)19)9(16-15-8)11(17)14-12(2)5-6-20-7-12/h3-7H2,1-2H3,(H,14,17)(H,15,16)(H2,13,18,19). The topological polar surface area (TPSA) is 127 Å². The Morgan fingerprint density at radius 3 is 2.81 bits per heavy atom. The van der Waals surface area contributed by atoms with Gasteiger partial charge >= 0.3 is 0 Å². The first-order valence-corrected chi connectivity index (χ1v) is 8.32. The van der Waals surface area contributed by atoms with E-state index in [1.807, 2.05) is 13.8 Å². The third-order valence-electron chi connectivity index (χ3n) is 3.43. The van der Waals surface area contributed by atoms with Crippen LogP contribution in [0.3, 0.4) is 0 Å². The minimum absolute atomic E-state index is 0.186. The first-order chi connectivity index (χ1) is 9.77. The molecule has 2 heterocycles. The van der Waals surface area contributed by atoms with Crippen molar-refractivity contribution in [1.29, 1.82) is 0 Å². The highest BCUT2D eigenvalue weighted by atomic mass is 32.2. The molecule has 0 aliphatic carbocycles. The molecule has 1 fully saturated rings. The Hall–Kier alpha value is -1.45. The Morgan fingerprint density at radius 1 is 1.57 bits per heavy atom. The molecule has 1 aliphatic heterocycles. The maximum Gasteiger partial charge on any atom is 0.273 e. The molecule has 8 nitrogen and oxygen atoms in total. The summed E-state index contributed by atoms with van der Waals surface area (Å²) in [5.74, 6) is -0.564. The number of primary sulfonamides is 1. The summed E-state index contributed by atoms with van der Waals surface area (Å²) in [5.41, 5.74) is -0.344. The maximum absolute atomic E-state index is 12.3. The fourth-order valence-corrected chi connectivity index (χ4v) is 3.25. The van der Waals surface area contributed by atoms with Crippen molar-refractivity contribution in [2.75, 3.05) is 13.2 Å². The molecule has 2 rings (SSSR count). The van der Waals surface area contributed by atoms with Gasteiger partial charge in [-0.2, -0.15) is 5.10 Å². The molecule has 0 spiro atoms. The Balaban J connectivity index is 2.33. The molecule has 9 heteroatoms. The van der Waals surface area contributed by atoms with Gasteiger partial charge in [0.1, 0.15) is 4.90 Å². The highest BCUT2D eigenvalue weighted by Gasteiger charge is 2.34. The van der Waals surface area contributed by atoms with E-state index < -0.39 is 21.5 Å². The van der Waals surface area contributed by atoms with E-state index in [4.69, 9.17) is 9.88 Å². The van der Waals surface area contributed by atoms with Crippen molar-refractivity contribution in [3.63, 3.8) is 0 Å². The smallest absolute Gasteiger partial charge is 0.273 e. The van der Waals surface area contributed by atoms with Crippen LogP contribution in [0.15, 0.2) is 4.90 Å². The van der Waals surface area contributed by atoms with Crippen LogP contribution in [0, 0.1) is 0 Å². The highest BCUT2D eigenvalue weighted by Crippen LogP contribution is 2.21. The molecule has 1 atom stereocenters. The van der Waals surface area contributed by atoms with E-state index in [9.17, 15) is 13.2 Å². The Kier molecular flexibility index (Phi) is 4.35. The number of nitrogens with one attached hydrogen (secondary N) is 2. The molecule has 1 saturated heterocycles. The van der Waals surface area contributed by atoms with Gasteiger partial charge in [-0.15, -0.1) is 0 Å². The maximum atomic E-state index is 12.3. The van der Waals surface area contributed by atoms with Gasteiger partial charge < -0.3 is 10.1 Å². The third-order valence-corrected chi connectivity index (χ3v) is 4.43. The van der Waals surface area contributed by atoms with E-state index in [0.29, 0.717) is 38.2 Å². The third kappa shape index (κ3) is 3.42. The van der Waals surface area contributed by atoms with E-state index in [0.717, 1.165) is 0 Å². The van der Waals surface area contributed by atoms with Crippen LogP contribution in [-0.2, 0) is 21.2 Å². The fraction of sp³-hybridized carbons (Fsp3) is 0.667. The van der Waals surface area contributed by atoms with Crippen LogP contribution in [0.4, 0.5) is 0 Å². The molecule has 0 aromatic carbocycles. The Morgan fingerprint density at radius 2 is 2.29 bits per heavy atom. The molecule has 1 unspecified atom stereocenters. The zero-order valence-electron chi connectivity index (χ0n) is 12.1. The van der Waals surface area contributed by atoms with Crippen molar-refractivity contribution in [3.05, 3.63) is 11.4 Å². The number of nitrogens with zero attached hydrogens (tertiary/aromatic N) is 1. The predicted molar refractivity (Wildman–Crippen MR) is 75.3 cm³/mol. The molecule has 1 aromatic rings. The number of aromatic nitrogens is 2. The van der Waals surface area contributed by atoms with Crippen molar-refractivity contribution in [3.8, 4) is 0 Å². The summed E-state index contributed by atoms with van der Waals surface area (Å²) in [4.78, 5) is 12.1. The average Bonchev–Trinajstić information content (AvgIpc) is 2.95. The molecule has 1 amide bonds. The molecule has 0 radical (unpaired) electrons. The highest BCUT2D eigenvalue weighted by molar-refractivity contribution is 7.89. The number of amides is 1. The van der Waals surface area contributed by atoms with Crippen molar-refractivity contribution >= 4 is 15.9 Å². The van der Waals surface area contributed by atoms with Crippen LogP contribution in [0.25, 0.3) is 0 Å². The number of carbonyl (C=O) groups excluding carboxylic acids is 1. The van der Waals surface area contributed by atoms with E-state index in [-0.39, 0.29) is 10.6 Å². The van der Waals surface area contributed by atoms with Gasteiger partial charge in [0.15, 0.2) is 5.69 Å². The lowest BCUT2D eigenvalue weighted by atomic mass is 10.0. The van der Waals surface area contributed by atoms with Crippen LogP contribution in [0.2, 0.25) is 0 Å². The predicted octanol–water partition coefficient (Wildman–Crippen LogP) is -0.0816. The number of ether oxygens (including phenoxy) is 1. The van der Waals surface area contributed by atoms with Gasteiger partial charge in [0.05, 0.1) is 17.8 Å². The lowest BCUT2D eigenvalue weighted by molar-refractivity contribution is 0.0881. The second-order valence-corrected chi connectivity index (χ2v) is 6.99. The van der Waals surface area contributed by atoms with Crippen LogP contribution in [0.1, 0.15) is 42.9 Å². The molecule has 1 aromatic heterocycles. The summed E-state index contributed by atoms with van der Waals surface area (Å²) in [6, 6.07) is 0. The molecule has 1 aliphatic rings. The molecule has 118 valence electrons. The number of nitrogens with two attached hydrogens (primary N) is 1. The first-order valence-electron chi connectivity index (χ1n) is 6.77. The monoisotopic (exact) mass is 316 g/mol. The average molecular weight is 316 g/mol. The van der Waals surface area contributed by atoms with Gasteiger partial charge in [0.2, 0.25) is 10.0 Å². The van der Waals surface area contributed by atoms with Crippen molar-refractivity contribution in [1.82, 2.24) is 15.5 Å². The molecular weight excluding hydrogens is 296 g/mol. The van der Waals surface area contributed by atoms with Crippen LogP contribution in [-0.4, -0.2) is 43.3 Å².